The largest absolute Gasteiger partial charge is 0.497 e. The fraction of sp³-hybridized carbons (Fsp3) is 0.625. The summed E-state index contributed by atoms with van der Waals surface area (Å²) >= 11 is 0. The number of nitrogens with one attached hydrogen (secondary N) is 1. The van der Waals surface area contributed by atoms with E-state index in [1.54, 1.807) is 7.11 Å². The van der Waals surface area contributed by atoms with Crippen molar-refractivity contribution in [3.05, 3.63) is 29.3 Å². The highest BCUT2D eigenvalue weighted by Crippen LogP contribution is 2.37. The van der Waals surface area contributed by atoms with Gasteiger partial charge in [0.2, 0.25) is 0 Å². The van der Waals surface area contributed by atoms with E-state index in [0.717, 1.165) is 30.7 Å². The second-order valence-corrected chi connectivity index (χ2v) is 5.69. The van der Waals surface area contributed by atoms with E-state index in [1.165, 1.54) is 30.4 Å². The Bertz CT molecular complexity index is 387. The molecule has 1 aliphatic rings. The standard InChI is InChI=1S/C16H25NO/c1-12(2)11-17-9-8-14-5-4-13-6-7-15(18-3)10-16(13)14/h6-7,10,12,14,17H,4-5,8-9,11H2,1-3H3. The van der Waals surface area contributed by atoms with Gasteiger partial charge in [0.15, 0.2) is 0 Å². The Balaban J connectivity index is 1.90. The minimum absolute atomic E-state index is 0.717. The molecule has 100 valence electrons. The normalized spacial score (nSPS) is 18.1. The summed E-state index contributed by atoms with van der Waals surface area (Å²) in [6.07, 6.45) is 3.77. The van der Waals surface area contributed by atoms with Gasteiger partial charge >= 0.3 is 0 Å². The van der Waals surface area contributed by atoms with Crippen molar-refractivity contribution in [1.82, 2.24) is 5.32 Å². The topological polar surface area (TPSA) is 21.3 Å². The summed E-state index contributed by atoms with van der Waals surface area (Å²) in [7, 11) is 1.75. The van der Waals surface area contributed by atoms with E-state index in [0.29, 0.717) is 0 Å². The molecule has 1 aromatic rings. The number of benzene rings is 1. The first-order valence-electron chi connectivity index (χ1n) is 7.08. The van der Waals surface area contributed by atoms with Crippen LogP contribution in [-0.2, 0) is 6.42 Å². The van der Waals surface area contributed by atoms with Gasteiger partial charge in [0.05, 0.1) is 7.11 Å². The number of rotatable bonds is 6. The molecule has 2 nitrogen and oxygen atoms in total. The molecule has 0 aliphatic heterocycles. The maximum Gasteiger partial charge on any atom is 0.119 e. The first kappa shape index (κ1) is 13.4. The minimum atomic E-state index is 0.717. The summed E-state index contributed by atoms with van der Waals surface area (Å²) in [5, 5.41) is 3.54. The number of methoxy groups -OCH3 is 1. The van der Waals surface area contributed by atoms with Crippen LogP contribution in [0.2, 0.25) is 0 Å². The SMILES string of the molecule is COc1ccc2c(c1)C(CCNCC(C)C)CC2. The second kappa shape index (κ2) is 6.24. The fourth-order valence-electron chi connectivity index (χ4n) is 2.76. The average molecular weight is 247 g/mol. The molecule has 0 bridgehead atoms. The number of hydrogen-bond acceptors (Lipinski definition) is 2. The molecule has 18 heavy (non-hydrogen) atoms. The van der Waals surface area contributed by atoms with Crippen LogP contribution in [0.5, 0.6) is 5.75 Å². The molecule has 1 unspecified atom stereocenters. The lowest BCUT2D eigenvalue weighted by atomic mass is 9.97. The van der Waals surface area contributed by atoms with Crippen LogP contribution in [0.4, 0.5) is 0 Å². The third-order valence-corrected chi connectivity index (χ3v) is 3.78. The number of aryl methyl sites for hydroxylation is 1. The number of fused-ring (bicyclic) bond motifs is 1. The van der Waals surface area contributed by atoms with E-state index >= 15 is 0 Å². The van der Waals surface area contributed by atoms with Gasteiger partial charge in [-0.05, 0) is 67.4 Å². The van der Waals surface area contributed by atoms with Crippen molar-refractivity contribution in [3.63, 3.8) is 0 Å². The number of hydrogen-bond donors (Lipinski definition) is 1. The Morgan fingerprint density at radius 1 is 1.39 bits per heavy atom. The molecule has 0 saturated heterocycles. The van der Waals surface area contributed by atoms with Gasteiger partial charge in [-0.1, -0.05) is 19.9 Å². The molecular weight excluding hydrogens is 222 g/mol. The Hall–Kier alpha value is -1.02. The molecule has 0 fully saturated rings. The first-order valence-corrected chi connectivity index (χ1v) is 7.08. The van der Waals surface area contributed by atoms with Crippen molar-refractivity contribution in [2.75, 3.05) is 20.2 Å². The van der Waals surface area contributed by atoms with Crippen LogP contribution in [0.1, 0.15) is 43.7 Å². The summed E-state index contributed by atoms with van der Waals surface area (Å²) in [6.45, 7) is 6.75. The van der Waals surface area contributed by atoms with Gasteiger partial charge in [-0.3, -0.25) is 0 Å². The molecule has 0 heterocycles. The van der Waals surface area contributed by atoms with Gasteiger partial charge in [-0.25, -0.2) is 0 Å². The highest BCUT2D eigenvalue weighted by molar-refractivity contribution is 5.41. The van der Waals surface area contributed by atoms with Crippen molar-refractivity contribution in [2.45, 2.75) is 39.0 Å². The maximum absolute atomic E-state index is 5.33. The van der Waals surface area contributed by atoms with Gasteiger partial charge < -0.3 is 10.1 Å². The van der Waals surface area contributed by atoms with Crippen molar-refractivity contribution >= 4 is 0 Å². The Kier molecular flexibility index (Phi) is 4.65. The monoisotopic (exact) mass is 247 g/mol. The molecule has 1 aromatic carbocycles. The van der Waals surface area contributed by atoms with Crippen molar-refractivity contribution < 1.29 is 4.74 Å². The zero-order chi connectivity index (χ0) is 13.0. The summed E-state index contributed by atoms with van der Waals surface area (Å²) in [4.78, 5) is 0. The molecule has 0 spiro atoms. The molecule has 1 N–H and O–H groups in total. The maximum atomic E-state index is 5.33. The zero-order valence-corrected chi connectivity index (χ0v) is 11.8. The van der Waals surface area contributed by atoms with Crippen LogP contribution in [0.25, 0.3) is 0 Å². The van der Waals surface area contributed by atoms with Gasteiger partial charge in [-0.15, -0.1) is 0 Å². The first-order chi connectivity index (χ1) is 8.70. The molecule has 0 amide bonds. The lowest BCUT2D eigenvalue weighted by molar-refractivity contribution is 0.413. The third kappa shape index (κ3) is 3.26. The smallest absolute Gasteiger partial charge is 0.119 e. The molecule has 0 radical (unpaired) electrons. The molecule has 2 rings (SSSR count). The third-order valence-electron chi connectivity index (χ3n) is 3.78. The van der Waals surface area contributed by atoms with Gasteiger partial charge in [0, 0.05) is 0 Å². The van der Waals surface area contributed by atoms with E-state index in [2.05, 4.69) is 37.4 Å². The molecular formula is C16H25NO. The van der Waals surface area contributed by atoms with Gasteiger partial charge in [0.1, 0.15) is 5.75 Å². The molecule has 1 atom stereocenters. The Morgan fingerprint density at radius 2 is 2.22 bits per heavy atom. The Morgan fingerprint density at radius 3 is 2.94 bits per heavy atom. The van der Waals surface area contributed by atoms with Crippen LogP contribution in [0, 0.1) is 5.92 Å². The summed E-state index contributed by atoms with van der Waals surface area (Å²) in [6, 6.07) is 6.55. The van der Waals surface area contributed by atoms with Gasteiger partial charge in [-0.2, -0.15) is 0 Å². The summed E-state index contributed by atoms with van der Waals surface area (Å²) in [5.41, 5.74) is 3.03. The molecule has 1 aliphatic carbocycles. The van der Waals surface area contributed by atoms with E-state index < -0.39 is 0 Å². The molecule has 0 saturated carbocycles. The van der Waals surface area contributed by atoms with Crippen LogP contribution < -0.4 is 10.1 Å². The predicted octanol–water partition coefficient (Wildman–Crippen LogP) is 3.36. The van der Waals surface area contributed by atoms with Crippen molar-refractivity contribution in [1.29, 1.82) is 0 Å². The van der Waals surface area contributed by atoms with E-state index in [1.807, 2.05) is 0 Å². The van der Waals surface area contributed by atoms with Crippen LogP contribution in [0.15, 0.2) is 18.2 Å². The highest BCUT2D eigenvalue weighted by atomic mass is 16.5. The second-order valence-electron chi connectivity index (χ2n) is 5.69. The quantitative estimate of drug-likeness (QED) is 0.778. The average Bonchev–Trinajstić information content (AvgIpc) is 2.76. The van der Waals surface area contributed by atoms with Crippen LogP contribution >= 0.6 is 0 Å². The summed E-state index contributed by atoms with van der Waals surface area (Å²) < 4.78 is 5.33. The predicted molar refractivity (Wildman–Crippen MR) is 76.4 cm³/mol. The Labute approximate surface area is 111 Å². The summed E-state index contributed by atoms with van der Waals surface area (Å²) in [5.74, 6) is 2.45. The van der Waals surface area contributed by atoms with Crippen molar-refractivity contribution in [2.24, 2.45) is 5.92 Å². The van der Waals surface area contributed by atoms with E-state index in [4.69, 9.17) is 4.74 Å². The van der Waals surface area contributed by atoms with Crippen LogP contribution in [-0.4, -0.2) is 20.2 Å². The lowest BCUT2D eigenvalue weighted by Crippen LogP contribution is -2.21. The minimum Gasteiger partial charge on any atom is -0.497 e. The van der Waals surface area contributed by atoms with E-state index in [9.17, 15) is 0 Å². The van der Waals surface area contributed by atoms with E-state index in [-0.39, 0.29) is 0 Å². The zero-order valence-electron chi connectivity index (χ0n) is 11.8. The van der Waals surface area contributed by atoms with Crippen molar-refractivity contribution in [3.8, 4) is 5.75 Å². The number of ether oxygens (including phenoxy) is 1. The molecule has 0 aromatic heterocycles. The fourth-order valence-corrected chi connectivity index (χ4v) is 2.76. The lowest BCUT2D eigenvalue weighted by Gasteiger charge is -2.14. The van der Waals surface area contributed by atoms with Crippen LogP contribution in [0.3, 0.4) is 0 Å². The van der Waals surface area contributed by atoms with Gasteiger partial charge in [0.25, 0.3) is 0 Å². The molecule has 2 heteroatoms. The highest BCUT2D eigenvalue weighted by Gasteiger charge is 2.22.